The van der Waals surface area contributed by atoms with Gasteiger partial charge in [0.05, 0.1) is 53.3 Å². The van der Waals surface area contributed by atoms with Crippen LogP contribution in [0.1, 0.15) is 82.7 Å². The fourth-order valence-electron chi connectivity index (χ4n) is 6.66. The van der Waals surface area contributed by atoms with E-state index < -0.39 is 59.9 Å². The summed E-state index contributed by atoms with van der Waals surface area (Å²) in [6.45, 7) is 2.64. The molecule has 1 aliphatic rings. The molecule has 1 amide bonds. The molecule has 16 heteroatoms. The minimum absolute atomic E-state index is 0.0406. The number of benzene rings is 3. The fraction of sp³-hybridized carbons (Fsp3) is 0.410. The van der Waals surface area contributed by atoms with E-state index in [1.54, 1.807) is 35.2 Å². The number of nitriles is 1. The van der Waals surface area contributed by atoms with Crippen molar-refractivity contribution in [3.8, 4) is 6.07 Å². The molecule has 1 fully saturated rings. The number of nitrogens with zero attached hydrogens (tertiary/aromatic N) is 4. The van der Waals surface area contributed by atoms with Crippen LogP contribution in [0.4, 0.5) is 30.7 Å². The van der Waals surface area contributed by atoms with Crippen LogP contribution in [-0.2, 0) is 22.1 Å². The minimum Gasteiger partial charge on any atom is -0.466 e. The van der Waals surface area contributed by atoms with Gasteiger partial charge < -0.3 is 9.64 Å². The lowest BCUT2D eigenvalue weighted by atomic mass is 9.89. The molecule has 1 aromatic heterocycles. The number of piperazine rings is 1. The molecule has 0 radical (unpaired) electrons. The first-order chi connectivity index (χ1) is 26.1. The van der Waals surface area contributed by atoms with E-state index in [2.05, 4.69) is 15.1 Å². The van der Waals surface area contributed by atoms with Crippen molar-refractivity contribution in [2.75, 3.05) is 39.3 Å². The number of halogens is 7. The summed E-state index contributed by atoms with van der Waals surface area (Å²) >= 11 is 0. The third-order valence-electron chi connectivity index (χ3n) is 9.53. The third-order valence-corrected chi connectivity index (χ3v) is 9.53. The first kappa shape index (κ1) is 40.9. The number of nitrogens with one attached hydrogen (secondary N) is 1. The van der Waals surface area contributed by atoms with Gasteiger partial charge in [0.1, 0.15) is 5.82 Å². The van der Waals surface area contributed by atoms with Crippen LogP contribution in [0.5, 0.6) is 0 Å². The molecule has 1 unspecified atom stereocenters. The van der Waals surface area contributed by atoms with Gasteiger partial charge in [0, 0.05) is 43.9 Å². The van der Waals surface area contributed by atoms with E-state index in [4.69, 9.17) is 10.00 Å². The van der Waals surface area contributed by atoms with Gasteiger partial charge in [0.2, 0.25) is 0 Å². The number of hydrogen-bond acceptors (Lipinski definition) is 7. The van der Waals surface area contributed by atoms with Crippen molar-refractivity contribution < 1.29 is 45.1 Å². The summed E-state index contributed by atoms with van der Waals surface area (Å²) in [5, 5.41) is 16.8. The van der Waals surface area contributed by atoms with Crippen molar-refractivity contribution in [2.45, 2.75) is 63.2 Å². The predicted octanol–water partition coefficient (Wildman–Crippen LogP) is 7.53. The van der Waals surface area contributed by atoms with Crippen LogP contribution in [0.15, 0.2) is 65.5 Å². The lowest BCUT2D eigenvalue weighted by Crippen LogP contribution is -2.49. The number of hydrogen-bond donors (Lipinski definition) is 1. The van der Waals surface area contributed by atoms with Crippen molar-refractivity contribution >= 4 is 22.6 Å². The molecule has 292 valence electrons. The van der Waals surface area contributed by atoms with Crippen LogP contribution >= 0.6 is 0 Å². The Morgan fingerprint density at radius 1 is 0.909 bits per heavy atom. The summed E-state index contributed by atoms with van der Waals surface area (Å²) in [5.74, 6) is -3.63. The zero-order valence-electron chi connectivity index (χ0n) is 29.6. The Labute approximate surface area is 311 Å². The quantitative estimate of drug-likeness (QED) is 0.0800. The molecule has 0 saturated carbocycles. The molecule has 1 aliphatic heterocycles. The zero-order chi connectivity index (χ0) is 39.8. The molecule has 2 heterocycles. The summed E-state index contributed by atoms with van der Waals surface area (Å²) in [5.41, 5.74) is -1.56. The maximum atomic E-state index is 14.9. The Balaban J connectivity index is 1.03. The number of amides is 1. The second-order valence-corrected chi connectivity index (χ2v) is 13.4. The highest BCUT2D eigenvalue weighted by Crippen LogP contribution is 2.38. The number of carbonyl (C=O) groups is 2. The lowest BCUT2D eigenvalue weighted by Gasteiger charge is -2.35. The summed E-state index contributed by atoms with van der Waals surface area (Å²) in [6, 6.07) is 15.0. The Hall–Kier alpha value is -5.30. The van der Waals surface area contributed by atoms with Crippen LogP contribution in [0, 0.1) is 17.1 Å². The molecule has 5 rings (SSSR count). The molecule has 1 atom stereocenters. The van der Waals surface area contributed by atoms with Gasteiger partial charge in [-0.2, -0.15) is 36.7 Å². The maximum absolute atomic E-state index is 14.9. The van der Waals surface area contributed by atoms with E-state index in [0.717, 1.165) is 31.5 Å². The van der Waals surface area contributed by atoms with Gasteiger partial charge >= 0.3 is 18.3 Å². The number of unbranched alkanes of at least 4 members (excludes halogenated alkanes) is 3. The molecule has 0 bridgehead atoms. The number of H-pyrrole nitrogens is 1. The van der Waals surface area contributed by atoms with E-state index in [1.165, 1.54) is 18.2 Å². The summed E-state index contributed by atoms with van der Waals surface area (Å²) in [4.78, 5) is 41.7. The second-order valence-electron chi connectivity index (χ2n) is 13.4. The summed E-state index contributed by atoms with van der Waals surface area (Å²) in [7, 11) is 0. The number of aromatic amines is 1. The van der Waals surface area contributed by atoms with E-state index in [1.807, 2.05) is 0 Å². The Morgan fingerprint density at radius 2 is 1.62 bits per heavy atom. The number of rotatable bonds is 14. The van der Waals surface area contributed by atoms with Gasteiger partial charge in [-0.3, -0.25) is 19.3 Å². The Bertz CT molecular complexity index is 2090. The van der Waals surface area contributed by atoms with Crippen LogP contribution < -0.4 is 5.56 Å². The molecule has 55 heavy (non-hydrogen) atoms. The molecular weight excluding hydrogens is 735 g/mol. The van der Waals surface area contributed by atoms with Gasteiger partial charge in [0.15, 0.2) is 0 Å². The van der Waals surface area contributed by atoms with Crippen molar-refractivity contribution in [1.29, 1.82) is 5.26 Å². The standard InChI is InChI=1S/C39H38F7N5O4/c40-33-12-9-25(20-34-29-7-3-4-8-30(29)36(53)49-48-34)19-31(33)37(54)51-16-14-50(15-17-51)13-5-1-2-6-18-55-35(52)22-28(23-38(41,42)43)26-10-11-27(24-47)32(21-26)39(44,45)46/h3-4,7-12,19,21,28H,1-2,5-6,13-18,20,22-23H2,(H,49,53). The van der Waals surface area contributed by atoms with E-state index in [0.29, 0.717) is 67.1 Å². The van der Waals surface area contributed by atoms with E-state index >= 15 is 0 Å². The normalized spacial score (nSPS) is 14.5. The highest BCUT2D eigenvalue weighted by atomic mass is 19.4. The number of esters is 1. The smallest absolute Gasteiger partial charge is 0.417 e. The molecular formula is C39H38F7N5O4. The highest BCUT2D eigenvalue weighted by molar-refractivity contribution is 5.95. The fourth-order valence-corrected chi connectivity index (χ4v) is 6.66. The second kappa shape index (κ2) is 17.9. The third kappa shape index (κ3) is 11.1. The van der Waals surface area contributed by atoms with Crippen molar-refractivity contribution in [1.82, 2.24) is 20.0 Å². The molecule has 0 aliphatic carbocycles. The average Bonchev–Trinajstić information content (AvgIpc) is 3.15. The Kier molecular flexibility index (Phi) is 13.3. The lowest BCUT2D eigenvalue weighted by molar-refractivity contribution is -0.149. The van der Waals surface area contributed by atoms with E-state index in [9.17, 15) is 45.1 Å². The summed E-state index contributed by atoms with van der Waals surface area (Å²) < 4.78 is 100.0. The topological polar surface area (TPSA) is 119 Å². The van der Waals surface area contributed by atoms with Gasteiger partial charge in [-0.15, -0.1) is 0 Å². The maximum Gasteiger partial charge on any atom is 0.417 e. The largest absolute Gasteiger partial charge is 0.466 e. The van der Waals surface area contributed by atoms with Gasteiger partial charge in [-0.05, 0) is 60.8 Å². The molecule has 3 aromatic carbocycles. The SMILES string of the molecule is N#Cc1ccc(C(CC(=O)OCCCCCCN2CCN(C(=O)c3cc(Cc4n[nH]c(=O)c5ccccc45)ccc3F)CC2)CC(F)(F)F)cc1C(F)(F)F. The zero-order valence-corrected chi connectivity index (χ0v) is 29.6. The number of carbonyl (C=O) groups excluding carboxylic acids is 2. The highest BCUT2D eigenvalue weighted by Gasteiger charge is 2.37. The molecule has 1 saturated heterocycles. The minimum atomic E-state index is -4.96. The van der Waals surface area contributed by atoms with Crippen molar-refractivity contribution in [2.24, 2.45) is 0 Å². The van der Waals surface area contributed by atoms with Crippen LogP contribution in [0.3, 0.4) is 0 Å². The van der Waals surface area contributed by atoms with E-state index in [-0.39, 0.29) is 29.7 Å². The Morgan fingerprint density at radius 3 is 2.31 bits per heavy atom. The van der Waals surface area contributed by atoms with Crippen molar-refractivity contribution in [3.63, 3.8) is 0 Å². The van der Waals surface area contributed by atoms with Crippen LogP contribution in [0.25, 0.3) is 10.8 Å². The van der Waals surface area contributed by atoms with Crippen LogP contribution in [0.2, 0.25) is 0 Å². The number of ether oxygens (including phenoxy) is 1. The van der Waals surface area contributed by atoms with Crippen molar-refractivity contribution in [3.05, 3.63) is 110 Å². The van der Waals surface area contributed by atoms with Gasteiger partial charge in [0.25, 0.3) is 11.5 Å². The predicted molar refractivity (Wildman–Crippen MR) is 188 cm³/mol. The number of aromatic nitrogens is 2. The first-order valence-electron chi connectivity index (χ1n) is 17.7. The molecule has 4 aromatic rings. The number of fused-ring (bicyclic) bond motifs is 1. The van der Waals surface area contributed by atoms with Crippen LogP contribution in [-0.4, -0.2) is 77.4 Å². The molecule has 0 spiro atoms. The number of alkyl halides is 6. The van der Waals surface area contributed by atoms with Gasteiger partial charge in [-0.25, -0.2) is 9.49 Å². The summed E-state index contributed by atoms with van der Waals surface area (Å²) in [6.07, 6.45) is -9.11. The molecule has 9 nitrogen and oxygen atoms in total. The first-order valence-corrected chi connectivity index (χ1v) is 17.7. The monoisotopic (exact) mass is 773 g/mol. The van der Waals surface area contributed by atoms with Gasteiger partial charge in [-0.1, -0.05) is 43.2 Å². The average molecular weight is 774 g/mol. The molecule has 1 N–H and O–H groups in total.